The molecule has 4 heteroatoms. The molecule has 4 nitrogen and oxygen atoms in total. The molecule has 1 aliphatic rings. The molecule has 1 N–H and O–H groups in total. The Bertz CT molecular complexity index is 429. The highest BCUT2D eigenvalue weighted by Crippen LogP contribution is 2.39. The summed E-state index contributed by atoms with van der Waals surface area (Å²) in [6.45, 7) is 5.25. The minimum atomic E-state index is -0.921. The SMILES string of the molecule is CC1(C)COC(CCC(=O)O)(c2ccccc2)OC1. The zero-order valence-electron chi connectivity index (χ0n) is 11.4. The molecular formula is C15H20O4. The predicted octanol–water partition coefficient (Wildman–Crippen LogP) is 2.78. The van der Waals surface area contributed by atoms with Gasteiger partial charge in [0, 0.05) is 17.4 Å². The van der Waals surface area contributed by atoms with Gasteiger partial charge in [-0.1, -0.05) is 44.2 Å². The van der Waals surface area contributed by atoms with Gasteiger partial charge in [0.2, 0.25) is 0 Å². The van der Waals surface area contributed by atoms with Crippen LogP contribution in [0.25, 0.3) is 0 Å². The normalized spacial score (nSPS) is 20.9. The van der Waals surface area contributed by atoms with Gasteiger partial charge in [-0.3, -0.25) is 4.79 Å². The molecule has 0 amide bonds. The van der Waals surface area contributed by atoms with Gasteiger partial charge in [-0.05, 0) is 0 Å². The van der Waals surface area contributed by atoms with Crippen molar-refractivity contribution in [3.05, 3.63) is 35.9 Å². The van der Waals surface area contributed by atoms with Crippen molar-refractivity contribution in [1.29, 1.82) is 0 Å². The van der Waals surface area contributed by atoms with E-state index in [0.29, 0.717) is 19.6 Å². The highest BCUT2D eigenvalue weighted by Gasteiger charge is 2.42. The molecule has 2 rings (SSSR count). The average Bonchev–Trinajstić information content (AvgIpc) is 2.39. The molecule has 0 aliphatic carbocycles. The summed E-state index contributed by atoms with van der Waals surface area (Å²) < 4.78 is 11.9. The van der Waals surface area contributed by atoms with Crippen molar-refractivity contribution < 1.29 is 19.4 Å². The molecule has 0 bridgehead atoms. The smallest absolute Gasteiger partial charge is 0.303 e. The van der Waals surface area contributed by atoms with Gasteiger partial charge in [0.15, 0.2) is 5.79 Å². The number of benzene rings is 1. The Morgan fingerprint density at radius 1 is 1.21 bits per heavy atom. The van der Waals surface area contributed by atoms with E-state index in [4.69, 9.17) is 14.6 Å². The summed E-state index contributed by atoms with van der Waals surface area (Å²) in [5.41, 5.74) is 0.841. The summed E-state index contributed by atoms with van der Waals surface area (Å²) in [5, 5.41) is 8.90. The van der Waals surface area contributed by atoms with Crippen LogP contribution >= 0.6 is 0 Å². The van der Waals surface area contributed by atoms with Gasteiger partial charge in [-0.15, -0.1) is 0 Å². The van der Waals surface area contributed by atoms with E-state index in [9.17, 15) is 4.79 Å². The second kappa shape index (κ2) is 5.31. The van der Waals surface area contributed by atoms with Crippen LogP contribution in [0, 0.1) is 5.41 Å². The van der Waals surface area contributed by atoms with E-state index in [2.05, 4.69) is 13.8 Å². The lowest BCUT2D eigenvalue weighted by Gasteiger charge is -2.43. The predicted molar refractivity (Wildman–Crippen MR) is 70.7 cm³/mol. The molecule has 1 fully saturated rings. The molecule has 1 aliphatic heterocycles. The lowest BCUT2D eigenvalue weighted by atomic mass is 9.92. The van der Waals surface area contributed by atoms with E-state index < -0.39 is 11.8 Å². The van der Waals surface area contributed by atoms with Crippen molar-refractivity contribution in [2.75, 3.05) is 13.2 Å². The first-order valence-corrected chi connectivity index (χ1v) is 6.49. The van der Waals surface area contributed by atoms with Crippen molar-refractivity contribution in [3.63, 3.8) is 0 Å². The Morgan fingerprint density at radius 2 is 1.79 bits per heavy atom. The highest BCUT2D eigenvalue weighted by atomic mass is 16.7. The van der Waals surface area contributed by atoms with Crippen LogP contribution in [0.15, 0.2) is 30.3 Å². The quantitative estimate of drug-likeness (QED) is 0.908. The summed E-state index contributed by atoms with van der Waals surface area (Å²) in [4.78, 5) is 10.8. The van der Waals surface area contributed by atoms with Crippen molar-refractivity contribution in [2.45, 2.75) is 32.5 Å². The minimum absolute atomic E-state index is 0.0231. The molecule has 19 heavy (non-hydrogen) atoms. The lowest BCUT2D eigenvalue weighted by Crippen LogP contribution is -2.45. The summed E-state index contributed by atoms with van der Waals surface area (Å²) in [6, 6.07) is 9.57. The van der Waals surface area contributed by atoms with Gasteiger partial charge in [0.25, 0.3) is 0 Å². The van der Waals surface area contributed by atoms with Gasteiger partial charge >= 0.3 is 5.97 Å². The second-order valence-electron chi connectivity index (χ2n) is 5.75. The number of ether oxygens (including phenoxy) is 2. The van der Waals surface area contributed by atoms with Crippen LogP contribution in [0.3, 0.4) is 0 Å². The van der Waals surface area contributed by atoms with Crippen LogP contribution in [0.5, 0.6) is 0 Å². The molecule has 1 saturated heterocycles. The summed E-state index contributed by atoms with van der Waals surface area (Å²) in [6.07, 6.45) is 0.345. The molecular weight excluding hydrogens is 244 g/mol. The Morgan fingerprint density at radius 3 is 2.32 bits per heavy atom. The van der Waals surface area contributed by atoms with E-state index in [1.54, 1.807) is 0 Å². The number of carboxylic acid groups (broad SMARTS) is 1. The van der Waals surface area contributed by atoms with E-state index >= 15 is 0 Å². The molecule has 0 saturated carbocycles. The fourth-order valence-electron chi connectivity index (χ4n) is 2.13. The highest BCUT2D eigenvalue weighted by molar-refractivity contribution is 5.66. The first-order valence-electron chi connectivity index (χ1n) is 6.49. The van der Waals surface area contributed by atoms with E-state index in [1.165, 1.54) is 0 Å². The van der Waals surface area contributed by atoms with Crippen molar-refractivity contribution in [1.82, 2.24) is 0 Å². The van der Waals surface area contributed by atoms with Crippen LogP contribution in [0.4, 0.5) is 0 Å². The standard InChI is InChI=1S/C15H20O4/c1-14(2)10-18-15(19-11-14,9-8-13(16)17)12-6-4-3-5-7-12/h3-7H,8-11H2,1-2H3,(H,16,17). The monoisotopic (exact) mass is 264 g/mol. The fraction of sp³-hybridized carbons (Fsp3) is 0.533. The third kappa shape index (κ3) is 3.33. The molecule has 104 valence electrons. The first-order chi connectivity index (χ1) is 8.94. The molecule has 1 aromatic carbocycles. The van der Waals surface area contributed by atoms with E-state index in [1.807, 2.05) is 30.3 Å². The maximum Gasteiger partial charge on any atom is 0.303 e. The topological polar surface area (TPSA) is 55.8 Å². The molecule has 0 atom stereocenters. The molecule has 0 aromatic heterocycles. The Hall–Kier alpha value is -1.39. The van der Waals surface area contributed by atoms with Crippen LogP contribution in [0.1, 0.15) is 32.3 Å². The van der Waals surface area contributed by atoms with Crippen molar-refractivity contribution >= 4 is 5.97 Å². The Balaban J connectivity index is 2.22. The van der Waals surface area contributed by atoms with Gasteiger partial charge in [0.1, 0.15) is 0 Å². The van der Waals surface area contributed by atoms with Gasteiger partial charge in [-0.25, -0.2) is 0 Å². The van der Waals surface area contributed by atoms with Crippen molar-refractivity contribution in [3.8, 4) is 0 Å². The number of carbonyl (C=O) groups is 1. The van der Waals surface area contributed by atoms with Crippen LogP contribution in [0.2, 0.25) is 0 Å². The number of hydrogen-bond donors (Lipinski definition) is 1. The fourth-order valence-corrected chi connectivity index (χ4v) is 2.13. The summed E-state index contributed by atoms with van der Waals surface area (Å²) >= 11 is 0. The molecule has 1 aromatic rings. The van der Waals surface area contributed by atoms with E-state index in [-0.39, 0.29) is 11.8 Å². The number of aliphatic carboxylic acids is 1. The Kier molecular flexibility index (Phi) is 3.92. The Labute approximate surface area is 113 Å². The average molecular weight is 264 g/mol. The van der Waals surface area contributed by atoms with Crippen LogP contribution in [-0.2, 0) is 20.1 Å². The maximum absolute atomic E-state index is 10.8. The third-order valence-corrected chi connectivity index (χ3v) is 3.27. The van der Waals surface area contributed by atoms with Gasteiger partial charge in [-0.2, -0.15) is 0 Å². The largest absolute Gasteiger partial charge is 0.481 e. The summed E-state index contributed by atoms with van der Waals surface area (Å²) in [7, 11) is 0. The van der Waals surface area contributed by atoms with E-state index in [0.717, 1.165) is 5.56 Å². The number of hydrogen-bond acceptors (Lipinski definition) is 3. The van der Waals surface area contributed by atoms with Crippen molar-refractivity contribution in [2.24, 2.45) is 5.41 Å². The molecule has 1 heterocycles. The zero-order chi connectivity index (χ0) is 13.9. The molecule has 0 radical (unpaired) electrons. The second-order valence-corrected chi connectivity index (χ2v) is 5.75. The van der Waals surface area contributed by atoms with Gasteiger partial charge in [0.05, 0.1) is 19.6 Å². The minimum Gasteiger partial charge on any atom is -0.481 e. The van der Waals surface area contributed by atoms with Crippen LogP contribution < -0.4 is 0 Å². The third-order valence-electron chi connectivity index (χ3n) is 3.27. The molecule has 0 unspecified atom stereocenters. The molecule has 0 spiro atoms. The summed E-state index contributed by atoms with van der Waals surface area (Å²) in [5.74, 6) is -1.76. The number of rotatable bonds is 4. The zero-order valence-corrected chi connectivity index (χ0v) is 11.4. The van der Waals surface area contributed by atoms with Crippen LogP contribution in [-0.4, -0.2) is 24.3 Å². The number of carboxylic acids is 1. The maximum atomic E-state index is 10.8. The van der Waals surface area contributed by atoms with Gasteiger partial charge < -0.3 is 14.6 Å². The first kappa shape index (κ1) is 14.0. The lowest BCUT2D eigenvalue weighted by molar-refractivity contribution is -0.311.